The van der Waals surface area contributed by atoms with E-state index in [0.29, 0.717) is 16.4 Å². The molecule has 3 aromatic rings. The van der Waals surface area contributed by atoms with Gasteiger partial charge in [-0.2, -0.15) is 5.10 Å². The Labute approximate surface area is 151 Å². The van der Waals surface area contributed by atoms with Crippen LogP contribution in [-0.2, 0) is 6.73 Å². The summed E-state index contributed by atoms with van der Waals surface area (Å²) in [6.45, 7) is 4.11. The van der Waals surface area contributed by atoms with E-state index in [2.05, 4.69) is 10.4 Å². The van der Waals surface area contributed by atoms with Crippen molar-refractivity contribution in [2.24, 2.45) is 0 Å². The van der Waals surface area contributed by atoms with Crippen LogP contribution in [0.15, 0.2) is 54.7 Å². The number of carbonyl (C=O) groups excluding carboxylic acids is 1. The summed E-state index contributed by atoms with van der Waals surface area (Å²) in [5.74, 6) is 0.499. The maximum absolute atomic E-state index is 12.3. The monoisotopic (exact) mass is 355 g/mol. The summed E-state index contributed by atoms with van der Waals surface area (Å²) >= 11 is 5.98. The number of hydrogen-bond acceptors (Lipinski definition) is 3. The molecule has 0 saturated heterocycles. The summed E-state index contributed by atoms with van der Waals surface area (Å²) in [6, 6.07) is 14.7. The minimum Gasteiger partial charge on any atom is -0.471 e. The number of halogens is 1. The molecule has 0 bridgehead atoms. The van der Waals surface area contributed by atoms with Crippen LogP contribution in [0.3, 0.4) is 0 Å². The molecule has 0 unspecified atom stereocenters. The van der Waals surface area contributed by atoms with Gasteiger partial charge in [0.15, 0.2) is 12.4 Å². The lowest BCUT2D eigenvalue weighted by atomic mass is 10.2. The van der Waals surface area contributed by atoms with Crippen molar-refractivity contribution < 1.29 is 9.53 Å². The number of nitrogens with zero attached hydrogens (tertiary/aromatic N) is 2. The number of anilines is 1. The van der Waals surface area contributed by atoms with Crippen LogP contribution >= 0.6 is 11.6 Å². The Bertz CT molecular complexity index is 905. The number of aromatic nitrogens is 2. The van der Waals surface area contributed by atoms with Crippen LogP contribution < -0.4 is 10.1 Å². The van der Waals surface area contributed by atoms with Crippen molar-refractivity contribution in [3.8, 4) is 5.75 Å². The molecule has 5 nitrogen and oxygen atoms in total. The number of carbonyl (C=O) groups is 1. The molecule has 0 fully saturated rings. The van der Waals surface area contributed by atoms with E-state index in [4.69, 9.17) is 16.3 Å². The Balaban J connectivity index is 1.65. The van der Waals surface area contributed by atoms with Crippen LogP contribution in [0.1, 0.15) is 21.6 Å². The van der Waals surface area contributed by atoms with Gasteiger partial charge in [-0.3, -0.25) is 4.79 Å². The Morgan fingerprint density at radius 3 is 2.76 bits per heavy atom. The quantitative estimate of drug-likeness (QED) is 0.736. The minimum absolute atomic E-state index is 0.230. The van der Waals surface area contributed by atoms with E-state index >= 15 is 0 Å². The lowest BCUT2D eigenvalue weighted by Gasteiger charge is -2.09. The number of amides is 1. The zero-order chi connectivity index (χ0) is 17.8. The molecule has 0 aliphatic rings. The first-order valence-corrected chi connectivity index (χ1v) is 8.20. The Kier molecular flexibility index (Phi) is 5.05. The van der Waals surface area contributed by atoms with E-state index in [1.54, 1.807) is 29.1 Å². The molecule has 0 radical (unpaired) electrons. The molecule has 128 valence electrons. The molecule has 1 aromatic heterocycles. The molecule has 0 saturated carbocycles. The van der Waals surface area contributed by atoms with Gasteiger partial charge in [0.2, 0.25) is 0 Å². The van der Waals surface area contributed by atoms with Crippen molar-refractivity contribution in [3.63, 3.8) is 0 Å². The predicted molar refractivity (Wildman–Crippen MR) is 98.2 cm³/mol. The summed E-state index contributed by atoms with van der Waals surface area (Å²) in [6.07, 6.45) is 1.71. The zero-order valence-electron chi connectivity index (χ0n) is 14.0. The standard InChI is InChI=1S/C19H18ClN3O2/c1-13-7-8-15(20)11-17(13)21-19(24)16-9-10-23(22-16)12-25-18-6-4-3-5-14(18)2/h3-11H,12H2,1-2H3,(H,21,24). The highest BCUT2D eigenvalue weighted by Gasteiger charge is 2.12. The number of hydrogen-bond donors (Lipinski definition) is 1. The number of benzene rings is 2. The van der Waals surface area contributed by atoms with Crippen molar-refractivity contribution >= 4 is 23.2 Å². The highest BCUT2D eigenvalue weighted by Crippen LogP contribution is 2.21. The van der Waals surface area contributed by atoms with Gasteiger partial charge in [-0.05, 0) is 49.2 Å². The summed E-state index contributed by atoms with van der Waals surface area (Å²) in [5.41, 5.74) is 2.96. The molecule has 1 N–H and O–H groups in total. The third-order valence-corrected chi connectivity index (χ3v) is 4.00. The van der Waals surface area contributed by atoms with Crippen LogP contribution in [0.2, 0.25) is 5.02 Å². The van der Waals surface area contributed by atoms with Gasteiger partial charge >= 0.3 is 0 Å². The topological polar surface area (TPSA) is 56.2 Å². The Morgan fingerprint density at radius 2 is 1.96 bits per heavy atom. The van der Waals surface area contributed by atoms with Crippen molar-refractivity contribution in [2.45, 2.75) is 20.6 Å². The fraction of sp³-hybridized carbons (Fsp3) is 0.158. The van der Waals surface area contributed by atoms with E-state index < -0.39 is 0 Å². The van der Waals surface area contributed by atoms with Crippen molar-refractivity contribution in [3.05, 3.63) is 76.6 Å². The van der Waals surface area contributed by atoms with Gasteiger partial charge in [0.25, 0.3) is 5.91 Å². The molecule has 0 aliphatic heterocycles. The fourth-order valence-corrected chi connectivity index (χ4v) is 2.50. The molecule has 2 aromatic carbocycles. The average molecular weight is 356 g/mol. The number of aryl methyl sites for hydroxylation is 2. The second-order valence-electron chi connectivity index (χ2n) is 5.69. The van der Waals surface area contributed by atoms with Gasteiger partial charge in [0, 0.05) is 16.9 Å². The number of rotatable bonds is 5. The molecule has 0 aliphatic carbocycles. The molecule has 0 spiro atoms. The van der Waals surface area contributed by atoms with E-state index in [-0.39, 0.29) is 12.6 Å². The van der Waals surface area contributed by atoms with Crippen molar-refractivity contribution in [1.82, 2.24) is 9.78 Å². The molecular formula is C19H18ClN3O2. The predicted octanol–water partition coefficient (Wildman–Crippen LogP) is 4.44. The van der Waals surface area contributed by atoms with Crippen LogP contribution in [0, 0.1) is 13.8 Å². The van der Waals surface area contributed by atoms with Crippen LogP contribution in [-0.4, -0.2) is 15.7 Å². The van der Waals surface area contributed by atoms with E-state index in [9.17, 15) is 4.79 Å². The van der Waals surface area contributed by atoms with E-state index in [0.717, 1.165) is 16.9 Å². The Hall–Kier alpha value is -2.79. The smallest absolute Gasteiger partial charge is 0.276 e. The number of para-hydroxylation sites is 1. The second-order valence-corrected chi connectivity index (χ2v) is 6.13. The minimum atomic E-state index is -0.292. The first-order valence-electron chi connectivity index (χ1n) is 7.82. The fourth-order valence-electron chi connectivity index (χ4n) is 2.32. The molecule has 1 heterocycles. The zero-order valence-corrected chi connectivity index (χ0v) is 14.7. The summed E-state index contributed by atoms with van der Waals surface area (Å²) in [5, 5.41) is 7.64. The highest BCUT2D eigenvalue weighted by molar-refractivity contribution is 6.31. The maximum atomic E-state index is 12.3. The van der Waals surface area contributed by atoms with Gasteiger partial charge in [-0.1, -0.05) is 35.9 Å². The average Bonchev–Trinajstić information content (AvgIpc) is 3.06. The molecule has 6 heteroatoms. The van der Waals surface area contributed by atoms with Gasteiger partial charge in [-0.15, -0.1) is 0 Å². The largest absolute Gasteiger partial charge is 0.471 e. The van der Waals surface area contributed by atoms with Crippen LogP contribution in [0.25, 0.3) is 0 Å². The third kappa shape index (κ3) is 4.19. The Morgan fingerprint density at radius 1 is 1.16 bits per heavy atom. The SMILES string of the molecule is Cc1ccc(Cl)cc1NC(=O)c1ccn(COc2ccccc2C)n1. The van der Waals surface area contributed by atoms with Gasteiger partial charge in [0.1, 0.15) is 5.75 Å². The van der Waals surface area contributed by atoms with Gasteiger partial charge in [0.05, 0.1) is 0 Å². The second kappa shape index (κ2) is 7.40. The molecule has 1 amide bonds. The van der Waals surface area contributed by atoms with Crippen LogP contribution in [0.4, 0.5) is 5.69 Å². The number of ether oxygens (including phenoxy) is 1. The first kappa shape index (κ1) is 17.0. The van der Waals surface area contributed by atoms with Gasteiger partial charge in [-0.25, -0.2) is 4.68 Å². The molecule has 25 heavy (non-hydrogen) atoms. The lowest BCUT2D eigenvalue weighted by molar-refractivity contribution is 0.102. The summed E-state index contributed by atoms with van der Waals surface area (Å²) in [4.78, 5) is 12.3. The third-order valence-electron chi connectivity index (χ3n) is 3.77. The van der Waals surface area contributed by atoms with Crippen LogP contribution in [0.5, 0.6) is 5.75 Å². The summed E-state index contributed by atoms with van der Waals surface area (Å²) in [7, 11) is 0. The molecule has 0 atom stereocenters. The first-order chi connectivity index (χ1) is 12.0. The molecular weight excluding hydrogens is 338 g/mol. The lowest BCUT2D eigenvalue weighted by Crippen LogP contribution is -2.15. The normalized spacial score (nSPS) is 10.5. The maximum Gasteiger partial charge on any atom is 0.276 e. The van der Waals surface area contributed by atoms with E-state index in [1.165, 1.54) is 0 Å². The highest BCUT2D eigenvalue weighted by atomic mass is 35.5. The molecule has 3 rings (SSSR count). The summed E-state index contributed by atoms with van der Waals surface area (Å²) < 4.78 is 7.30. The van der Waals surface area contributed by atoms with Crippen molar-refractivity contribution in [2.75, 3.05) is 5.32 Å². The van der Waals surface area contributed by atoms with E-state index in [1.807, 2.05) is 44.2 Å². The van der Waals surface area contributed by atoms with Gasteiger partial charge < -0.3 is 10.1 Å². The number of nitrogens with one attached hydrogen (secondary N) is 1. The van der Waals surface area contributed by atoms with Crippen molar-refractivity contribution in [1.29, 1.82) is 0 Å².